The van der Waals surface area contributed by atoms with E-state index < -0.39 is 0 Å². The number of hydrogen-bond acceptors (Lipinski definition) is 1. The van der Waals surface area contributed by atoms with E-state index in [1.165, 1.54) is 31.2 Å². The molecule has 1 N–H and O–H groups in total. The van der Waals surface area contributed by atoms with Gasteiger partial charge in [-0.2, -0.15) is 0 Å². The smallest absolute Gasteiger partial charge is 0.0456 e. The topological polar surface area (TPSA) is 12.0 Å². The van der Waals surface area contributed by atoms with Crippen LogP contribution in [0.25, 0.3) is 0 Å². The molecule has 0 radical (unpaired) electrons. The standard InChI is InChI=1S/C13H18ClN/c1-13(9-5-2-6-10-15-13)11-7-3-4-8-12(11)14/h3-4,7-8,15H,2,5-6,9-10H2,1H3. The zero-order chi connectivity index (χ0) is 10.7. The van der Waals surface area contributed by atoms with Crippen molar-refractivity contribution >= 4 is 11.6 Å². The Kier molecular flexibility index (Phi) is 3.32. The molecule has 1 fully saturated rings. The van der Waals surface area contributed by atoms with Gasteiger partial charge in [0.2, 0.25) is 0 Å². The fourth-order valence-electron chi connectivity index (χ4n) is 2.37. The van der Waals surface area contributed by atoms with Crippen molar-refractivity contribution in [1.82, 2.24) is 5.32 Å². The first-order valence-electron chi connectivity index (χ1n) is 5.72. The van der Waals surface area contributed by atoms with E-state index in [-0.39, 0.29) is 5.54 Å². The molecule has 1 atom stereocenters. The Balaban J connectivity index is 2.30. The lowest BCUT2D eigenvalue weighted by atomic mass is 9.87. The van der Waals surface area contributed by atoms with E-state index in [0.717, 1.165) is 11.6 Å². The maximum Gasteiger partial charge on any atom is 0.0456 e. The molecule has 0 aromatic heterocycles. The average molecular weight is 224 g/mol. The van der Waals surface area contributed by atoms with Crippen LogP contribution in [0.4, 0.5) is 0 Å². The van der Waals surface area contributed by atoms with E-state index in [4.69, 9.17) is 11.6 Å². The second kappa shape index (κ2) is 4.54. The van der Waals surface area contributed by atoms with Crippen molar-refractivity contribution in [3.05, 3.63) is 34.9 Å². The number of hydrogen-bond donors (Lipinski definition) is 1. The lowest BCUT2D eigenvalue weighted by Gasteiger charge is -2.30. The highest BCUT2D eigenvalue weighted by molar-refractivity contribution is 6.31. The van der Waals surface area contributed by atoms with E-state index in [1.807, 2.05) is 12.1 Å². The Hall–Kier alpha value is -0.530. The Morgan fingerprint density at radius 1 is 1.20 bits per heavy atom. The summed E-state index contributed by atoms with van der Waals surface area (Å²) in [7, 11) is 0. The molecule has 0 saturated carbocycles. The van der Waals surface area contributed by atoms with E-state index in [2.05, 4.69) is 24.4 Å². The van der Waals surface area contributed by atoms with Gasteiger partial charge in [-0.3, -0.25) is 0 Å². The highest BCUT2D eigenvalue weighted by Crippen LogP contribution is 2.33. The molecule has 1 nitrogen and oxygen atoms in total. The largest absolute Gasteiger partial charge is 0.308 e. The summed E-state index contributed by atoms with van der Waals surface area (Å²) in [5, 5.41) is 4.51. The predicted octanol–water partition coefficient (Wildman–Crippen LogP) is 3.72. The van der Waals surface area contributed by atoms with Gasteiger partial charge >= 0.3 is 0 Å². The molecule has 0 aliphatic carbocycles. The van der Waals surface area contributed by atoms with Crippen molar-refractivity contribution in [3.63, 3.8) is 0 Å². The van der Waals surface area contributed by atoms with E-state index in [1.54, 1.807) is 0 Å². The summed E-state index contributed by atoms with van der Waals surface area (Å²) in [5.41, 5.74) is 1.31. The average Bonchev–Trinajstić information content (AvgIpc) is 2.44. The van der Waals surface area contributed by atoms with Crippen molar-refractivity contribution < 1.29 is 0 Å². The van der Waals surface area contributed by atoms with Gasteiger partial charge in [-0.25, -0.2) is 0 Å². The van der Waals surface area contributed by atoms with Gasteiger partial charge < -0.3 is 5.32 Å². The molecule has 0 bridgehead atoms. The van der Waals surface area contributed by atoms with Gasteiger partial charge in [-0.1, -0.05) is 42.6 Å². The Bertz CT molecular complexity index is 327. The molecule has 0 spiro atoms. The lowest BCUT2D eigenvalue weighted by Crippen LogP contribution is -2.38. The van der Waals surface area contributed by atoms with Crippen LogP contribution < -0.4 is 5.32 Å². The van der Waals surface area contributed by atoms with Crippen molar-refractivity contribution in [1.29, 1.82) is 0 Å². The Morgan fingerprint density at radius 3 is 2.80 bits per heavy atom. The molecular formula is C13H18ClN. The Morgan fingerprint density at radius 2 is 2.00 bits per heavy atom. The minimum atomic E-state index is 0.0643. The molecule has 1 unspecified atom stereocenters. The summed E-state index contributed by atoms with van der Waals surface area (Å²) in [6.07, 6.45) is 5.07. The maximum atomic E-state index is 6.26. The second-order valence-corrected chi connectivity index (χ2v) is 4.96. The van der Waals surface area contributed by atoms with Gasteiger partial charge in [-0.05, 0) is 37.9 Å². The fraction of sp³-hybridized carbons (Fsp3) is 0.538. The molecule has 1 heterocycles. The molecule has 0 amide bonds. The molecule has 1 aliphatic rings. The van der Waals surface area contributed by atoms with Crippen LogP contribution in [0, 0.1) is 0 Å². The van der Waals surface area contributed by atoms with Gasteiger partial charge in [0.25, 0.3) is 0 Å². The van der Waals surface area contributed by atoms with E-state index in [9.17, 15) is 0 Å². The minimum absolute atomic E-state index is 0.0643. The van der Waals surface area contributed by atoms with Crippen LogP contribution in [0.1, 0.15) is 38.2 Å². The lowest BCUT2D eigenvalue weighted by molar-refractivity contribution is 0.360. The molecule has 2 heteroatoms. The maximum absolute atomic E-state index is 6.26. The number of benzene rings is 1. The summed E-state index contributed by atoms with van der Waals surface area (Å²) in [4.78, 5) is 0. The molecule has 1 aliphatic heterocycles. The van der Waals surface area contributed by atoms with Crippen LogP contribution in [-0.4, -0.2) is 6.54 Å². The van der Waals surface area contributed by atoms with Crippen molar-refractivity contribution in [2.24, 2.45) is 0 Å². The molecule has 2 rings (SSSR count). The number of halogens is 1. The van der Waals surface area contributed by atoms with Crippen LogP contribution in [0.3, 0.4) is 0 Å². The Labute approximate surface area is 96.8 Å². The first-order valence-corrected chi connectivity index (χ1v) is 6.10. The van der Waals surface area contributed by atoms with Crippen LogP contribution >= 0.6 is 11.6 Å². The third kappa shape index (κ3) is 2.35. The van der Waals surface area contributed by atoms with Gasteiger partial charge in [0.05, 0.1) is 0 Å². The third-order valence-electron chi connectivity index (χ3n) is 3.34. The van der Waals surface area contributed by atoms with Gasteiger partial charge in [0, 0.05) is 10.6 Å². The van der Waals surface area contributed by atoms with Gasteiger partial charge in [0.15, 0.2) is 0 Å². The van der Waals surface area contributed by atoms with Crippen molar-refractivity contribution in [3.8, 4) is 0 Å². The first-order chi connectivity index (χ1) is 7.22. The molecule has 1 aromatic carbocycles. The van der Waals surface area contributed by atoms with Crippen LogP contribution in [-0.2, 0) is 5.54 Å². The molecule has 1 aromatic rings. The quantitative estimate of drug-likeness (QED) is 0.765. The highest BCUT2D eigenvalue weighted by Gasteiger charge is 2.28. The summed E-state index contributed by atoms with van der Waals surface area (Å²) < 4.78 is 0. The fourth-order valence-corrected chi connectivity index (χ4v) is 2.72. The summed E-state index contributed by atoms with van der Waals surface area (Å²) >= 11 is 6.26. The molecule has 82 valence electrons. The van der Waals surface area contributed by atoms with Gasteiger partial charge in [0.1, 0.15) is 0 Å². The molecule has 15 heavy (non-hydrogen) atoms. The van der Waals surface area contributed by atoms with Crippen LogP contribution in [0.15, 0.2) is 24.3 Å². The first kappa shape index (κ1) is 11.0. The zero-order valence-electron chi connectivity index (χ0n) is 9.22. The third-order valence-corrected chi connectivity index (χ3v) is 3.67. The summed E-state index contributed by atoms with van der Waals surface area (Å²) in [6.45, 7) is 3.36. The van der Waals surface area contributed by atoms with Crippen LogP contribution in [0.2, 0.25) is 5.02 Å². The second-order valence-electron chi connectivity index (χ2n) is 4.55. The van der Waals surface area contributed by atoms with E-state index >= 15 is 0 Å². The SMILES string of the molecule is CC1(c2ccccc2Cl)CCCCCN1. The summed E-state index contributed by atoms with van der Waals surface area (Å²) in [6, 6.07) is 8.18. The molecule has 1 saturated heterocycles. The van der Waals surface area contributed by atoms with Crippen molar-refractivity contribution in [2.75, 3.05) is 6.54 Å². The van der Waals surface area contributed by atoms with Crippen molar-refractivity contribution in [2.45, 2.75) is 38.1 Å². The summed E-state index contributed by atoms with van der Waals surface area (Å²) in [5.74, 6) is 0. The zero-order valence-corrected chi connectivity index (χ0v) is 9.98. The molecular weight excluding hydrogens is 206 g/mol. The highest BCUT2D eigenvalue weighted by atomic mass is 35.5. The number of nitrogens with one attached hydrogen (secondary N) is 1. The van der Waals surface area contributed by atoms with E-state index in [0.29, 0.717) is 0 Å². The number of rotatable bonds is 1. The van der Waals surface area contributed by atoms with Crippen LogP contribution in [0.5, 0.6) is 0 Å². The van der Waals surface area contributed by atoms with Gasteiger partial charge in [-0.15, -0.1) is 0 Å². The minimum Gasteiger partial charge on any atom is -0.308 e. The predicted molar refractivity (Wildman–Crippen MR) is 65.3 cm³/mol. The monoisotopic (exact) mass is 223 g/mol. The normalized spacial score (nSPS) is 27.3.